The molecule has 1 heteroatoms. The van der Waals surface area contributed by atoms with Gasteiger partial charge in [0.15, 0.2) is 0 Å². The summed E-state index contributed by atoms with van der Waals surface area (Å²) in [5.74, 6) is 0.556. The Morgan fingerprint density at radius 2 is 1.57 bits per heavy atom. The van der Waals surface area contributed by atoms with E-state index in [1.165, 1.54) is 50.2 Å². The van der Waals surface area contributed by atoms with Crippen LogP contribution >= 0.6 is 0 Å². The molecule has 0 amide bonds. The highest BCUT2D eigenvalue weighted by Gasteiger charge is 2.32. The third-order valence-electron chi connectivity index (χ3n) is 7.58. The lowest BCUT2D eigenvalue weighted by Gasteiger charge is -2.44. The lowest BCUT2D eigenvalue weighted by molar-refractivity contribution is 0.183. The molecule has 30 heavy (non-hydrogen) atoms. The van der Waals surface area contributed by atoms with Crippen molar-refractivity contribution in [1.82, 2.24) is 4.90 Å². The van der Waals surface area contributed by atoms with Crippen LogP contribution in [-0.4, -0.2) is 11.9 Å². The van der Waals surface area contributed by atoms with Gasteiger partial charge in [-0.1, -0.05) is 49.4 Å². The maximum absolute atomic E-state index is 2.52. The van der Waals surface area contributed by atoms with Gasteiger partial charge in [-0.25, -0.2) is 0 Å². The average Bonchev–Trinajstić information content (AvgIpc) is 2.69. The van der Waals surface area contributed by atoms with E-state index in [2.05, 4.69) is 110 Å². The number of rotatable bonds is 5. The standard InChI is InChI=1S/C29H39N/c1-19-16-17-26(23(5)22(19)4)18-25-14-11-15-27(24(25)6)29(7,8)30(9)28-20(2)12-10-13-21(28)3/h10-12,14-17,21H,13,18H2,1-9H3. The molecule has 2 aromatic carbocycles. The molecule has 160 valence electrons. The quantitative estimate of drug-likeness (QED) is 0.500. The summed E-state index contributed by atoms with van der Waals surface area (Å²) in [5.41, 5.74) is 12.7. The molecule has 0 aliphatic heterocycles. The fraction of sp³-hybridized carbons (Fsp3) is 0.448. The number of allylic oxidation sites excluding steroid dienone is 4. The Balaban J connectivity index is 2.00. The van der Waals surface area contributed by atoms with Gasteiger partial charge in [-0.05, 0) is 112 Å². The highest BCUT2D eigenvalue weighted by Crippen LogP contribution is 2.38. The van der Waals surface area contributed by atoms with Crippen LogP contribution in [0.2, 0.25) is 0 Å². The first kappa shape index (κ1) is 22.4. The molecule has 3 rings (SSSR count). The van der Waals surface area contributed by atoms with Crippen LogP contribution in [0.1, 0.15) is 73.1 Å². The van der Waals surface area contributed by atoms with E-state index < -0.39 is 0 Å². The molecular weight excluding hydrogens is 362 g/mol. The maximum atomic E-state index is 2.52. The van der Waals surface area contributed by atoms with Gasteiger partial charge >= 0.3 is 0 Å². The highest BCUT2D eigenvalue weighted by atomic mass is 15.2. The van der Waals surface area contributed by atoms with Crippen LogP contribution in [0, 0.1) is 33.6 Å². The van der Waals surface area contributed by atoms with E-state index >= 15 is 0 Å². The number of aryl methyl sites for hydroxylation is 1. The van der Waals surface area contributed by atoms with Crippen LogP contribution in [0.15, 0.2) is 53.8 Å². The molecule has 0 bridgehead atoms. The van der Waals surface area contributed by atoms with Crippen LogP contribution < -0.4 is 0 Å². The molecule has 0 N–H and O–H groups in total. The van der Waals surface area contributed by atoms with Gasteiger partial charge in [0.2, 0.25) is 0 Å². The van der Waals surface area contributed by atoms with E-state index in [1.54, 1.807) is 0 Å². The third-order valence-corrected chi connectivity index (χ3v) is 7.58. The first-order valence-corrected chi connectivity index (χ1v) is 11.3. The van der Waals surface area contributed by atoms with Crippen molar-refractivity contribution in [2.24, 2.45) is 5.92 Å². The second-order valence-electron chi connectivity index (χ2n) is 9.78. The summed E-state index contributed by atoms with van der Waals surface area (Å²) in [6, 6.07) is 11.4. The van der Waals surface area contributed by atoms with E-state index in [0.717, 1.165) is 12.8 Å². The zero-order valence-electron chi connectivity index (χ0n) is 20.5. The molecule has 0 spiro atoms. The predicted molar refractivity (Wildman–Crippen MR) is 131 cm³/mol. The summed E-state index contributed by atoms with van der Waals surface area (Å²) in [6.07, 6.45) is 6.71. The second-order valence-corrected chi connectivity index (χ2v) is 9.78. The van der Waals surface area contributed by atoms with E-state index in [1.807, 2.05) is 0 Å². The van der Waals surface area contributed by atoms with Gasteiger partial charge < -0.3 is 4.90 Å². The molecule has 0 radical (unpaired) electrons. The van der Waals surface area contributed by atoms with Crippen molar-refractivity contribution in [1.29, 1.82) is 0 Å². The lowest BCUT2D eigenvalue weighted by atomic mass is 9.82. The average molecular weight is 402 g/mol. The largest absolute Gasteiger partial charge is 0.368 e. The molecule has 1 nitrogen and oxygen atoms in total. The van der Waals surface area contributed by atoms with Crippen LogP contribution in [-0.2, 0) is 12.0 Å². The fourth-order valence-electron chi connectivity index (χ4n) is 5.06. The summed E-state index contributed by atoms with van der Waals surface area (Å²) >= 11 is 0. The predicted octanol–water partition coefficient (Wildman–Crippen LogP) is 7.55. The van der Waals surface area contributed by atoms with Gasteiger partial charge in [0.25, 0.3) is 0 Å². The Morgan fingerprint density at radius 1 is 0.900 bits per heavy atom. The van der Waals surface area contributed by atoms with Gasteiger partial charge in [0.1, 0.15) is 0 Å². The van der Waals surface area contributed by atoms with Crippen molar-refractivity contribution in [2.45, 2.75) is 73.8 Å². The zero-order chi connectivity index (χ0) is 22.2. The smallest absolute Gasteiger partial charge is 0.0594 e. The summed E-state index contributed by atoms with van der Waals surface area (Å²) in [5, 5.41) is 0. The monoisotopic (exact) mass is 401 g/mol. The minimum absolute atomic E-state index is 0.0750. The molecule has 0 saturated heterocycles. The van der Waals surface area contributed by atoms with E-state index in [0.29, 0.717) is 5.92 Å². The van der Waals surface area contributed by atoms with Crippen molar-refractivity contribution in [2.75, 3.05) is 7.05 Å². The molecule has 1 aliphatic rings. The van der Waals surface area contributed by atoms with Crippen molar-refractivity contribution in [3.63, 3.8) is 0 Å². The third kappa shape index (κ3) is 4.00. The molecule has 1 atom stereocenters. The maximum Gasteiger partial charge on any atom is 0.0594 e. The first-order chi connectivity index (χ1) is 14.1. The van der Waals surface area contributed by atoms with Crippen molar-refractivity contribution >= 4 is 0 Å². The molecule has 0 aromatic heterocycles. The number of hydrogen-bond donors (Lipinski definition) is 0. The zero-order valence-corrected chi connectivity index (χ0v) is 20.5. The second kappa shape index (κ2) is 8.46. The van der Waals surface area contributed by atoms with E-state index in [9.17, 15) is 0 Å². The Hall–Kier alpha value is -2.28. The summed E-state index contributed by atoms with van der Waals surface area (Å²) in [4.78, 5) is 2.52. The Bertz CT molecular complexity index is 1000. The van der Waals surface area contributed by atoms with Crippen LogP contribution in [0.25, 0.3) is 0 Å². The highest BCUT2D eigenvalue weighted by molar-refractivity contribution is 5.45. The molecule has 2 aromatic rings. The Morgan fingerprint density at radius 3 is 2.23 bits per heavy atom. The van der Waals surface area contributed by atoms with Gasteiger partial charge in [0.05, 0.1) is 5.54 Å². The van der Waals surface area contributed by atoms with Crippen LogP contribution in [0.4, 0.5) is 0 Å². The lowest BCUT2D eigenvalue weighted by Crippen LogP contribution is -2.41. The minimum atomic E-state index is -0.0750. The Kier molecular flexibility index (Phi) is 6.32. The van der Waals surface area contributed by atoms with Gasteiger partial charge in [-0.3, -0.25) is 0 Å². The SMILES string of the molecule is CC1=C(N(C)C(C)(C)c2cccc(Cc3ccc(C)c(C)c3C)c2C)C(C)CC=C1. The number of nitrogens with zero attached hydrogens (tertiary/aromatic N) is 1. The van der Waals surface area contributed by atoms with Crippen molar-refractivity contribution in [3.8, 4) is 0 Å². The van der Waals surface area contributed by atoms with Crippen LogP contribution in [0.5, 0.6) is 0 Å². The minimum Gasteiger partial charge on any atom is -0.368 e. The van der Waals surface area contributed by atoms with Crippen molar-refractivity contribution in [3.05, 3.63) is 92.7 Å². The van der Waals surface area contributed by atoms with Crippen molar-refractivity contribution < 1.29 is 0 Å². The summed E-state index contributed by atoms with van der Waals surface area (Å²) in [7, 11) is 2.27. The molecule has 0 saturated carbocycles. The number of benzene rings is 2. The summed E-state index contributed by atoms with van der Waals surface area (Å²) in [6.45, 7) is 18.3. The normalized spacial score (nSPS) is 16.9. The van der Waals surface area contributed by atoms with E-state index in [4.69, 9.17) is 0 Å². The Labute approximate surface area is 184 Å². The fourth-order valence-corrected chi connectivity index (χ4v) is 5.06. The molecule has 0 heterocycles. The van der Waals surface area contributed by atoms with Gasteiger partial charge in [0, 0.05) is 12.7 Å². The first-order valence-electron chi connectivity index (χ1n) is 11.3. The summed E-state index contributed by atoms with van der Waals surface area (Å²) < 4.78 is 0. The molecule has 0 fully saturated rings. The molecule has 1 unspecified atom stereocenters. The number of hydrogen-bond acceptors (Lipinski definition) is 1. The molecular formula is C29H39N. The van der Waals surface area contributed by atoms with E-state index in [-0.39, 0.29) is 5.54 Å². The van der Waals surface area contributed by atoms with Gasteiger partial charge in [-0.2, -0.15) is 0 Å². The van der Waals surface area contributed by atoms with Crippen LogP contribution in [0.3, 0.4) is 0 Å². The molecule has 1 aliphatic carbocycles. The topological polar surface area (TPSA) is 3.24 Å². The van der Waals surface area contributed by atoms with Gasteiger partial charge in [-0.15, -0.1) is 0 Å².